The van der Waals surface area contributed by atoms with E-state index in [1.165, 1.54) is 0 Å². The Morgan fingerprint density at radius 2 is 2.06 bits per heavy atom. The first-order chi connectivity index (χ1) is 8.60. The number of carbonyl (C=O) groups excluding carboxylic acids is 1. The first-order valence-corrected chi connectivity index (χ1v) is 5.73. The predicted octanol–water partition coefficient (Wildman–Crippen LogP) is 0.741. The number of nitrogens with two attached hydrogens (primary N) is 1. The molecule has 1 rings (SSSR count). The minimum Gasteiger partial charge on any atom is -0.496 e. The van der Waals surface area contributed by atoms with Gasteiger partial charge in [0.2, 0.25) is 0 Å². The highest BCUT2D eigenvalue weighted by molar-refractivity contribution is 5.96. The molecule has 0 aliphatic carbocycles. The van der Waals surface area contributed by atoms with Crippen LogP contribution in [0.25, 0.3) is 0 Å². The van der Waals surface area contributed by atoms with Gasteiger partial charge in [0.05, 0.1) is 19.3 Å². The zero-order chi connectivity index (χ0) is 13.5. The fourth-order valence-electron chi connectivity index (χ4n) is 1.73. The molecule has 5 heteroatoms. The number of benzene rings is 1. The molecule has 1 atom stereocenters. The second kappa shape index (κ2) is 6.98. The van der Waals surface area contributed by atoms with Crippen LogP contribution in [0.4, 0.5) is 0 Å². The Morgan fingerprint density at radius 3 is 2.67 bits per heavy atom. The lowest BCUT2D eigenvalue weighted by atomic mass is 10.1. The summed E-state index contributed by atoms with van der Waals surface area (Å²) in [6, 6.07) is 6.93. The van der Waals surface area contributed by atoms with Crippen molar-refractivity contribution in [2.24, 2.45) is 5.73 Å². The van der Waals surface area contributed by atoms with Gasteiger partial charge < -0.3 is 20.1 Å². The summed E-state index contributed by atoms with van der Waals surface area (Å²) in [7, 11) is 4.84. The van der Waals surface area contributed by atoms with Crippen molar-refractivity contribution in [1.82, 2.24) is 4.90 Å². The van der Waals surface area contributed by atoms with Gasteiger partial charge in [-0.2, -0.15) is 0 Å². The largest absolute Gasteiger partial charge is 0.496 e. The van der Waals surface area contributed by atoms with Crippen LogP contribution in [0.3, 0.4) is 0 Å². The summed E-state index contributed by atoms with van der Waals surface area (Å²) in [5.41, 5.74) is 6.36. The van der Waals surface area contributed by atoms with Crippen molar-refractivity contribution in [1.29, 1.82) is 0 Å². The highest BCUT2D eigenvalue weighted by Gasteiger charge is 2.17. The van der Waals surface area contributed by atoms with Crippen molar-refractivity contribution in [3.63, 3.8) is 0 Å². The number of amides is 1. The number of para-hydroxylation sites is 1. The van der Waals surface area contributed by atoms with Gasteiger partial charge in [-0.1, -0.05) is 12.1 Å². The van der Waals surface area contributed by atoms with Crippen LogP contribution in [0.5, 0.6) is 5.75 Å². The quantitative estimate of drug-likeness (QED) is 0.811. The summed E-state index contributed by atoms with van der Waals surface area (Å²) in [6.45, 7) is 0.855. The van der Waals surface area contributed by atoms with Gasteiger partial charge in [0.15, 0.2) is 0 Å². The van der Waals surface area contributed by atoms with E-state index in [0.29, 0.717) is 24.5 Å². The lowest BCUT2D eigenvalue weighted by Gasteiger charge is -2.22. The zero-order valence-electron chi connectivity index (χ0n) is 11.1. The number of hydrogen-bond donors (Lipinski definition) is 1. The second-order valence-electron chi connectivity index (χ2n) is 4.10. The van der Waals surface area contributed by atoms with Crippen LogP contribution in [-0.2, 0) is 4.74 Å². The second-order valence-corrected chi connectivity index (χ2v) is 4.10. The lowest BCUT2D eigenvalue weighted by molar-refractivity contribution is 0.0761. The lowest BCUT2D eigenvalue weighted by Crippen LogP contribution is -2.41. The van der Waals surface area contributed by atoms with E-state index in [0.717, 1.165) is 0 Å². The van der Waals surface area contributed by atoms with Crippen molar-refractivity contribution in [3.05, 3.63) is 29.8 Å². The van der Waals surface area contributed by atoms with Gasteiger partial charge in [-0.3, -0.25) is 4.79 Å². The van der Waals surface area contributed by atoms with Gasteiger partial charge in [-0.25, -0.2) is 0 Å². The van der Waals surface area contributed by atoms with Gasteiger partial charge in [0.1, 0.15) is 5.75 Å². The average Bonchev–Trinajstić information content (AvgIpc) is 2.38. The Balaban J connectivity index is 2.74. The van der Waals surface area contributed by atoms with E-state index in [2.05, 4.69) is 0 Å². The van der Waals surface area contributed by atoms with Crippen LogP contribution >= 0.6 is 0 Å². The summed E-state index contributed by atoms with van der Waals surface area (Å²) in [6.07, 6.45) is 0. The molecule has 0 radical (unpaired) electrons. The Labute approximate surface area is 107 Å². The Bertz CT molecular complexity index is 396. The van der Waals surface area contributed by atoms with Gasteiger partial charge in [-0.05, 0) is 12.1 Å². The highest BCUT2D eigenvalue weighted by Crippen LogP contribution is 2.18. The number of methoxy groups -OCH3 is 2. The molecule has 5 nitrogen and oxygen atoms in total. The number of rotatable bonds is 6. The molecule has 1 aromatic rings. The summed E-state index contributed by atoms with van der Waals surface area (Å²) in [5.74, 6) is 0.452. The zero-order valence-corrected chi connectivity index (χ0v) is 11.1. The Morgan fingerprint density at radius 1 is 1.39 bits per heavy atom. The van der Waals surface area contributed by atoms with Gasteiger partial charge in [-0.15, -0.1) is 0 Å². The summed E-state index contributed by atoms with van der Waals surface area (Å²) < 4.78 is 10.1. The Kier molecular flexibility index (Phi) is 5.61. The third kappa shape index (κ3) is 3.72. The van der Waals surface area contributed by atoms with Gasteiger partial charge in [0.25, 0.3) is 5.91 Å². The fraction of sp³-hybridized carbons (Fsp3) is 0.462. The molecule has 0 aliphatic heterocycles. The standard InChI is InChI=1S/C13H20N2O3/c1-15(8-10(14)9-17-2)13(16)11-6-4-5-7-12(11)18-3/h4-7,10H,8-9,14H2,1-3H3. The van der Waals surface area contributed by atoms with E-state index in [-0.39, 0.29) is 11.9 Å². The average molecular weight is 252 g/mol. The molecule has 18 heavy (non-hydrogen) atoms. The molecule has 0 heterocycles. The molecule has 1 amide bonds. The maximum Gasteiger partial charge on any atom is 0.257 e. The molecule has 1 aromatic carbocycles. The molecule has 2 N–H and O–H groups in total. The normalized spacial score (nSPS) is 12.0. The highest BCUT2D eigenvalue weighted by atomic mass is 16.5. The van der Waals surface area contributed by atoms with Crippen LogP contribution in [0.1, 0.15) is 10.4 Å². The topological polar surface area (TPSA) is 64.8 Å². The van der Waals surface area contributed by atoms with Crippen LogP contribution < -0.4 is 10.5 Å². The SMILES string of the molecule is COCC(N)CN(C)C(=O)c1ccccc1OC. The van der Waals surface area contributed by atoms with E-state index in [1.54, 1.807) is 44.4 Å². The van der Waals surface area contributed by atoms with E-state index in [4.69, 9.17) is 15.2 Å². The minimum absolute atomic E-state index is 0.112. The van der Waals surface area contributed by atoms with Crippen LogP contribution in [0.15, 0.2) is 24.3 Å². The van der Waals surface area contributed by atoms with E-state index >= 15 is 0 Å². The maximum absolute atomic E-state index is 12.2. The number of hydrogen-bond acceptors (Lipinski definition) is 4. The molecule has 0 aromatic heterocycles. The van der Waals surface area contributed by atoms with Crippen LogP contribution in [0.2, 0.25) is 0 Å². The molecular formula is C13H20N2O3. The third-order valence-electron chi connectivity index (χ3n) is 2.57. The molecule has 0 saturated carbocycles. The Hall–Kier alpha value is -1.59. The van der Waals surface area contributed by atoms with Gasteiger partial charge >= 0.3 is 0 Å². The molecule has 100 valence electrons. The van der Waals surface area contributed by atoms with E-state index in [1.807, 2.05) is 6.07 Å². The van der Waals surface area contributed by atoms with Crippen molar-refractivity contribution < 1.29 is 14.3 Å². The monoisotopic (exact) mass is 252 g/mol. The molecule has 0 saturated heterocycles. The van der Waals surface area contributed by atoms with Crippen LogP contribution in [0, 0.1) is 0 Å². The van der Waals surface area contributed by atoms with Crippen molar-refractivity contribution in [2.45, 2.75) is 6.04 Å². The first kappa shape index (κ1) is 14.5. The summed E-state index contributed by atoms with van der Waals surface area (Å²) in [5, 5.41) is 0. The first-order valence-electron chi connectivity index (χ1n) is 5.73. The number of likely N-dealkylation sites (N-methyl/N-ethyl adjacent to an activating group) is 1. The summed E-state index contributed by atoms with van der Waals surface area (Å²) >= 11 is 0. The molecule has 0 bridgehead atoms. The van der Waals surface area contributed by atoms with Crippen molar-refractivity contribution in [3.8, 4) is 5.75 Å². The number of ether oxygens (including phenoxy) is 2. The molecule has 1 unspecified atom stereocenters. The molecule has 0 aliphatic rings. The van der Waals surface area contributed by atoms with E-state index < -0.39 is 0 Å². The number of carbonyl (C=O) groups is 1. The van der Waals surface area contributed by atoms with Crippen molar-refractivity contribution in [2.75, 3.05) is 34.4 Å². The minimum atomic E-state index is -0.196. The predicted molar refractivity (Wildman–Crippen MR) is 69.8 cm³/mol. The summed E-state index contributed by atoms with van der Waals surface area (Å²) in [4.78, 5) is 13.8. The molecule has 0 fully saturated rings. The van der Waals surface area contributed by atoms with E-state index in [9.17, 15) is 4.79 Å². The number of nitrogens with zero attached hydrogens (tertiary/aromatic N) is 1. The van der Waals surface area contributed by atoms with Crippen LogP contribution in [-0.4, -0.2) is 51.3 Å². The molecule has 0 spiro atoms. The fourth-order valence-corrected chi connectivity index (χ4v) is 1.73. The molecular weight excluding hydrogens is 232 g/mol. The smallest absolute Gasteiger partial charge is 0.257 e. The third-order valence-corrected chi connectivity index (χ3v) is 2.57. The van der Waals surface area contributed by atoms with Gasteiger partial charge in [0, 0.05) is 26.7 Å². The van der Waals surface area contributed by atoms with Crippen molar-refractivity contribution >= 4 is 5.91 Å². The maximum atomic E-state index is 12.2.